The lowest BCUT2D eigenvalue weighted by molar-refractivity contribution is -0.245. The van der Waals surface area contributed by atoms with Crippen LogP contribution in [-0.4, -0.2) is 53.2 Å². The molecule has 0 aromatic heterocycles. The molecule has 286 valence electrons. The SMILES string of the molecule is COC12CC(=O)C3(C(C[C@H]4CC5CCC6=CC(=O)CC[C@]6(OC(C)=O)C5C[C@@]43C)C1)C1C[C@H]3[C@@H]4CCC5=CC(=O)CC[C@]5(OC(C)=O)[C@H]4CC[C@]3(C)C12. The summed E-state index contributed by atoms with van der Waals surface area (Å²) < 4.78 is 19.6. The molecule has 0 N–H and O–H groups in total. The molecule has 11 rings (SSSR count). The van der Waals surface area contributed by atoms with Crippen molar-refractivity contribution in [3.63, 3.8) is 0 Å². The molecule has 0 radical (unpaired) electrons. The van der Waals surface area contributed by atoms with Gasteiger partial charge in [0.25, 0.3) is 0 Å². The number of carbonyl (C=O) groups excluding carboxylic acids is 5. The van der Waals surface area contributed by atoms with E-state index in [1.165, 1.54) is 13.8 Å². The Labute approximate surface area is 314 Å². The number of fused-ring (bicyclic) bond motifs is 10. The highest BCUT2D eigenvalue weighted by atomic mass is 16.6. The number of ether oxygens (including phenoxy) is 3. The minimum atomic E-state index is -0.754. The first-order chi connectivity index (χ1) is 25.2. The topological polar surface area (TPSA) is 113 Å². The van der Waals surface area contributed by atoms with Gasteiger partial charge in [0.2, 0.25) is 0 Å². The van der Waals surface area contributed by atoms with E-state index in [-0.39, 0.29) is 63.9 Å². The Morgan fingerprint density at radius 2 is 1.34 bits per heavy atom. The molecule has 9 saturated carbocycles. The number of allylic oxidation sites excluding steroid dienone is 1. The van der Waals surface area contributed by atoms with Crippen molar-refractivity contribution in [1.82, 2.24) is 0 Å². The van der Waals surface area contributed by atoms with Crippen LogP contribution in [-0.2, 0) is 38.2 Å². The largest absolute Gasteiger partial charge is 0.454 e. The second-order valence-electron chi connectivity index (χ2n) is 20.4. The van der Waals surface area contributed by atoms with Crippen molar-refractivity contribution < 1.29 is 38.2 Å². The first-order valence-electron chi connectivity index (χ1n) is 21.1. The van der Waals surface area contributed by atoms with Gasteiger partial charge < -0.3 is 14.2 Å². The maximum atomic E-state index is 15.4. The molecular weight excluding hydrogens is 668 g/mol. The third-order valence-electron chi connectivity index (χ3n) is 19.1. The predicted molar refractivity (Wildman–Crippen MR) is 194 cm³/mol. The standard InChI is InChI=1S/C45H58O8/c1-24(46)52-43-14-10-31(48)19-28(43)8-9-33-34(43)12-13-40(3)35(33)20-36-39(40)42(51-5)21-30-17-29-16-26-6-7-27-18-32(49)11-15-44(27,53-25(2)47)37(26)22-41(29,4)45(30,36)38(50)23-42/h18-19,26,29-30,33-37,39H,6-17,20-23H2,1-5H3/t26?,29-,30?,33-,34+,35+,36?,37?,39?,40+,41+,42?,43-,44-,45?/m1/s1. The highest BCUT2D eigenvalue weighted by Crippen LogP contribution is 2.84. The molecule has 0 aliphatic heterocycles. The lowest BCUT2D eigenvalue weighted by Gasteiger charge is -2.69. The predicted octanol–water partition coefficient (Wildman–Crippen LogP) is 7.46. The van der Waals surface area contributed by atoms with E-state index in [4.69, 9.17) is 14.2 Å². The Hall–Kier alpha value is -2.61. The summed E-state index contributed by atoms with van der Waals surface area (Å²) in [6.07, 6.45) is 16.5. The number of carbonyl (C=O) groups is 5. The smallest absolute Gasteiger partial charge is 0.303 e. The minimum Gasteiger partial charge on any atom is -0.454 e. The summed E-state index contributed by atoms with van der Waals surface area (Å²) in [7, 11) is 1.87. The Balaban J connectivity index is 1.08. The normalized spacial score (nSPS) is 53.0. The fraction of sp³-hybridized carbons (Fsp3) is 0.800. The van der Waals surface area contributed by atoms with Gasteiger partial charge in [0, 0.05) is 57.5 Å². The number of hydrogen-bond donors (Lipinski definition) is 0. The van der Waals surface area contributed by atoms with Gasteiger partial charge >= 0.3 is 11.9 Å². The van der Waals surface area contributed by atoms with Crippen LogP contribution in [0.2, 0.25) is 0 Å². The molecule has 0 aromatic carbocycles. The first-order valence-corrected chi connectivity index (χ1v) is 21.1. The Morgan fingerprint density at radius 1 is 0.698 bits per heavy atom. The molecule has 9 fully saturated rings. The molecule has 11 aliphatic rings. The summed E-state index contributed by atoms with van der Waals surface area (Å²) in [4.78, 5) is 66.5. The van der Waals surface area contributed by atoms with Crippen molar-refractivity contribution in [2.24, 2.45) is 69.5 Å². The third-order valence-corrected chi connectivity index (χ3v) is 19.1. The van der Waals surface area contributed by atoms with Crippen LogP contribution in [0.5, 0.6) is 0 Å². The Morgan fingerprint density at radius 3 is 1.98 bits per heavy atom. The van der Waals surface area contributed by atoms with E-state index in [0.717, 1.165) is 81.8 Å². The summed E-state index contributed by atoms with van der Waals surface area (Å²) in [6, 6.07) is 0. The summed E-state index contributed by atoms with van der Waals surface area (Å²) in [5, 5.41) is 0. The van der Waals surface area contributed by atoms with Crippen LogP contribution >= 0.6 is 0 Å². The van der Waals surface area contributed by atoms with Crippen molar-refractivity contribution >= 4 is 29.3 Å². The monoisotopic (exact) mass is 726 g/mol. The van der Waals surface area contributed by atoms with E-state index < -0.39 is 22.2 Å². The molecule has 53 heavy (non-hydrogen) atoms. The number of esters is 2. The molecule has 0 heterocycles. The number of methoxy groups -OCH3 is 1. The highest BCUT2D eigenvalue weighted by Gasteiger charge is 2.83. The van der Waals surface area contributed by atoms with E-state index in [1.807, 2.05) is 7.11 Å². The maximum absolute atomic E-state index is 15.4. The molecule has 11 aliphatic carbocycles. The van der Waals surface area contributed by atoms with Gasteiger partial charge in [-0.1, -0.05) is 13.8 Å². The average molecular weight is 727 g/mol. The summed E-state index contributed by atoms with van der Waals surface area (Å²) in [5.74, 6) is 2.71. The molecule has 0 aromatic rings. The quantitative estimate of drug-likeness (QED) is 0.276. The fourth-order valence-corrected chi connectivity index (χ4v) is 17.9. The van der Waals surface area contributed by atoms with Crippen molar-refractivity contribution in [3.05, 3.63) is 23.3 Å². The number of Topliss-reactive ketones (excluding diaryl/α,β-unsaturated/α-hetero) is 1. The van der Waals surface area contributed by atoms with E-state index in [2.05, 4.69) is 13.8 Å². The van der Waals surface area contributed by atoms with Crippen molar-refractivity contribution in [3.8, 4) is 0 Å². The van der Waals surface area contributed by atoms with Gasteiger partial charge in [-0.15, -0.1) is 0 Å². The number of rotatable bonds is 3. The zero-order chi connectivity index (χ0) is 37.1. The molecule has 7 unspecified atom stereocenters. The zero-order valence-corrected chi connectivity index (χ0v) is 32.4. The van der Waals surface area contributed by atoms with Gasteiger partial charge in [-0.25, -0.2) is 0 Å². The molecule has 0 amide bonds. The second kappa shape index (κ2) is 11.0. The fourth-order valence-electron chi connectivity index (χ4n) is 17.9. The van der Waals surface area contributed by atoms with Gasteiger partial charge in [-0.2, -0.15) is 0 Å². The van der Waals surface area contributed by atoms with Gasteiger partial charge in [0.05, 0.1) is 5.60 Å². The van der Waals surface area contributed by atoms with Crippen LogP contribution in [0, 0.1) is 69.5 Å². The van der Waals surface area contributed by atoms with Gasteiger partial charge in [-0.05, 0) is 159 Å². The maximum Gasteiger partial charge on any atom is 0.303 e. The Kier molecular flexibility index (Phi) is 7.25. The van der Waals surface area contributed by atoms with Crippen LogP contribution in [0.3, 0.4) is 0 Å². The van der Waals surface area contributed by atoms with Crippen molar-refractivity contribution in [2.45, 2.75) is 147 Å². The first kappa shape index (κ1) is 34.8. The van der Waals surface area contributed by atoms with Gasteiger partial charge in [0.1, 0.15) is 17.0 Å². The molecule has 2 bridgehead atoms. The lowest BCUT2D eigenvalue weighted by Crippen LogP contribution is -2.71. The summed E-state index contributed by atoms with van der Waals surface area (Å²) in [6.45, 7) is 8.03. The number of hydrogen-bond acceptors (Lipinski definition) is 8. The van der Waals surface area contributed by atoms with Crippen LogP contribution in [0.4, 0.5) is 0 Å². The number of ketones is 3. The Bertz CT molecular complexity index is 1790. The molecule has 15 atom stereocenters. The highest BCUT2D eigenvalue weighted by molar-refractivity contribution is 5.93. The van der Waals surface area contributed by atoms with Crippen LogP contribution in [0.25, 0.3) is 0 Å². The van der Waals surface area contributed by atoms with Gasteiger partial charge in [0.15, 0.2) is 11.6 Å². The summed E-state index contributed by atoms with van der Waals surface area (Å²) in [5.41, 5.74) is -0.605. The minimum absolute atomic E-state index is 0.0152. The van der Waals surface area contributed by atoms with Gasteiger partial charge in [-0.3, -0.25) is 24.0 Å². The second-order valence-corrected chi connectivity index (χ2v) is 20.4. The van der Waals surface area contributed by atoms with E-state index in [1.54, 1.807) is 12.2 Å². The molecule has 1 spiro atoms. The van der Waals surface area contributed by atoms with Crippen LogP contribution < -0.4 is 0 Å². The van der Waals surface area contributed by atoms with Crippen molar-refractivity contribution in [1.29, 1.82) is 0 Å². The van der Waals surface area contributed by atoms with E-state index in [0.29, 0.717) is 61.6 Å². The van der Waals surface area contributed by atoms with Crippen LogP contribution in [0.15, 0.2) is 23.3 Å². The molecule has 0 saturated heterocycles. The van der Waals surface area contributed by atoms with E-state index >= 15 is 4.79 Å². The molecule has 8 nitrogen and oxygen atoms in total. The zero-order valence-electron chi connectivity index (χ0n) is 32.4. The average Bonchev–Trinajstić information content (AvgIpc) is 3.57. The summed E-state index contributed by atoms with van der Waals surface area (Å²) >= 11 is 0. The van der Waals surface area contributed by atoms with Crippen molar-refractivity contribution in [2.75, 3.05) is 7.11 Å². The third kappa shape index (κ3) is 4.10. The van der Waals surface area contributed by atoms with Crippen LogP contribution in [0.1, 0.15) is 130 Å². The van der Waals surface area contributed by atoms with E-state index in [9.17, 15) is 19.2 Å². The molecule has 8 heteroatoms. The molecular formula is C45H58O8. The lowest BCUT2D eigenvalue weighted by atomic mass is 9.36.